The average molecular weight is 304 g/mol. The van der Waals surface area contributed by atoms with E-state index in [-0.39, 0.29) is 0 Å². The minimum absolute atomic E-state index is 0.651. The number of methoxy groups -OCH3 is 1. The first-order valence-electron chi connectivity index (χ1n) is 7.99. The van der Waals surface area contributed by atoms with Crippen LogP contribution in [0.3, 0.4) is 0 Å². The first-order valence-corrected chi connectivity index (χ1v) is 8.40. The predicted octanol–water partition coefficient (Wildman–Crippen LogP) is 4.05. The number of hydrogen-bond donors (Lipinski definition) is 1. The Morgan fingerprint density at radius 3 is 2.90 bits per heavy atom. The molecule has 1 saturated carbocycles. The van der Waals surface area contributed by atoms with Crippen molar-refractivity contribution in [3.8, 4) is 5.75 Å². The molecular formula is C17H24N2OS. The third kappa shape index (κ3) is 3.31. The Balaban J connectivity index is 1.68. The van der Waals surface area contributed by atoms with Gasteiger partial charge in [0.2, 0.25) is 0 Å². The van der Waals surface area contributed by atoms with Crippen LogP contribution in [0.15, 0.2) is 24.3 Å². The van der Waals surface area contributed by atoms with E-state index in [9.17, 15) is 0 Å². The van der Waals surface area contributed by atoms with Crippen LogP contribution in [0.2, 0.25) is 0 Å². The van der Waals surface area contributed by atoms with Crippen LogP contribution < -0.4 is 10.1 Å². The molecule has 2 aliphatic rings. The number of ether oxygens (including phenoxy) is 1. The number of likely N-dealkylation sites (tertiary alicyclic amines) is 1. The Kier molecular flexibility index (Phi) is 4.63. The van der Waals surface area contributed by atoms with Crippen LogP contribution in [0.1, 0.15) is 38.5 Å². The molecule has 0 spiro atoms. The first-order chi connectivity index (χ1) is 10.3. The van der Waals surface area contributed by atoms with Crippen LogP contribution in [-0.2, 0) is 0 Å². The highest BCUT2D eigenvalue weighted by Gasteiger charge is 2.34. The Hall–Kier alpha value is -1.29. The van der Waals surface area contributed by atoms with Crippen LogP contribution >= 0.6 is 12.2 Å². The molecule has 4 heteroatoms. The second-order valence-corrected chi connectivity index (χ2v) is 6.50. The van der Waals surface area contributed by atoms with E-state index in [2.05, 4.69) is 10.2 Å². The second-order valence-electron chi connectivity index (χ2n) is 6.11. The summed E-state index contributed by atoms with van der Waals surface area (Å²) in [6, 6.07) is 8.62. The molecule has 2 atom stereocenters. The minimum atomic E-state index is 0.651. The number of hydrogen-bond acceptors (Lipinski definition) is 2. The Bertz CT molecular complexity index is 503. The van der Waals surface area contributed by atoms with Gasteiger partial charge in [0, 0.05) is 24.3 Å². The van der Waals surface area contributed by atoms with Crippen LogP contribution in [0.4, 0.5) is 5.69 Å². The lowest BCUT2D eigenvalue weighted by atomic mass is 9.78. The van der Waals surface area contributed by atoms with Gasteiger partial charge in [-0.2, -0.15) is 0 Å². The van der Waals surface area contributed by atoms with Crippen molar-refractivity contribution in [3.63, 3.8) is 0 Å². The summed E-state index contributed by atoms with van der Waals surface area (Å²) in [4.78, 5) is 2.43. The maximum absolute atomic E-state index is 5.68. The predicted molar refractivity (Wildman–Crippen MR) is 90.9 cm³/mol. The number of piperidine rings is 1. The van der Waals surface area contributed by atoms with Gasteiger partial charge in [0.05, 0.1) is 7.11 Å². The lowest BCUT2D eigenvalue weighted by Crippen LogP contribution is -2.51. The molecule has 3 nitrogen and oxygen atoms in total. The monoisotopic (exact) mass is 304 g/mol. The van der Waals surface area contributed by atoms with Gasteiger partial charge in [-0.25, -0.2) is 0 Å². The maximum Gasteiger partial charge on any atom is 0.173 e. The van der Waals surface area contributed by atoms with Gasteiger partial charge in [0.15, 0.2) is 5.11 Å². The van der Waals surface area contributed by atoms with Gasteiger partial charge in [-0.15, -0.1) is 0 Å². The highest BCUT2D eigenvalue weighted by atomic mass is 32.1. The van der Waals surface area contributed by atoms with E-state index in [0.717, 1.165) is 29.0 Å². The summed E-state index contributed by atoms with van der Waals surface area (Å²) in [5, 5.41) is 4.27. The molecule has 1 aliphatic heterocycles. The molecule has 0 bridgehead atoms. The molecule has 1 aromatic rings. The first kappa shape index (κ1) is 14.6. The lowest BCUT2D eigenvalue weighted by Gasteiger charge is -2.45. The Morgan fingerprint density at radius 1 is 1.24 bits per heavy atom. The zero-order chi connectivity index (χ0) is 14.7. The molecule has 0 unspecified atom stereocenters. The van der Waals surface area contributed by atoms with Crippen molar-refractivity contribution in [3.05, 3.63) is 24.3 Å². The van der Waals surface area contributed by atoms with Gasteiger partial charge in [0.1, 0.15) is 5.75 Å². The highest BCUT2D eigenvalue weighted by molar-refractivity contribution is 7.80. The van der Waals surface area contributed by atoms with Gasteiger partial charge in [-0.05, 0) is 56.0 Å². The van der Waals surface area contributed by atoms with Gasteiger partial charge in [-0.3, -0.25) is 0 Å². The average Bonchev–Trinajstić information content (AvgIpc) is 2.54. The number of anilines is 1. The van der Waals surface area contributed by atoms with Crippen molar-refractivity contribution < 1.29 is 4.74 Å². The van der Waals surface area contributed by atoms with Crippen molar-refractivity contribution in [1.82, 2.24) is 4.90 Å². The summed E-state index contributed by atoms with van der Waals surface area (Å²) >= 11 is 5.68. The number of thiocarbonyl (C=S) groups is 1. The molecule has 1 saturated heterocycles. The van der Waals surface area contributed by atoms with Crippen molar-refractivity contribution in [2.45, 2.75) is 44.6 Å². The third-order valence-corrected chi connectivity index (χ3v) is 5.16. The molecule has 21 heavy (non-hydrogen) atoms. The molecule has 1 N–H and O–H groups in total. The van der Waals surface area contributed by atoms with Crippen molar-refractivity contribution in [2.75, 3.05) is 19.0 Å². The van der Waals surface area contributed by atoms with E-state index in [1.54, 1.807) is 7.11 Å². The van der Waals surface area contributed by atoms with E-state index in [1.165, 1.54) is 38.5 Å². The summed E-state index contributed by atoms with van der Waals surface area (Å²) < 4.78 is 5.27. The van der Waals surface area contributed by atoms with Crippen LogP contribution in [0, 0.1) is 5.92 Å². The largest absolute Gasteiger partial charge is 0.497 e. The molecule has 0 aromatic heterocycles. The Morgan fingerprint density at radius 2 is 2.05 bits per heavy atom. The SMILES string of the molecule is COc1cccc(NC(=S)N2CCC[C@@H]3CCCC[C@@H]32)c1. The third-order valence-electron chi connectivity index (χ3n) is 4.83. The van der Waals surface area contributed by atoms with E-state index in [1.807, 2.05) is 24.3 Å². The molecule has 1 aliphatic carbocycles. The van der Waals surface area contributed by atoms with E-state index >= 15 is 0 Å². The fraction of sp³-hybridized carbons (Fsp3) is 0.588. The Labute approximate surface area is 132 Å². The number of nitrogens with one attached hydrogen (secondary N) is 1. The number of fused-ring (bicyclic) bond motifs is 1. The van der Waals surface area contributed by atoms with Gasteiger partial charge in [0.25, 0.3) is 0 Å². The fourth-order valence-corrected chi connectivity index (χ4v) is 4.12. The lowest BCUT2D eigenvalue weighted by molar-refractivity contribution is 0.121. The normalized spacial score (nSPS) is 25.1. The smallest absolute Gasteiger partial charge is 0.173 e. The molecule has 1 aromatic carbocycles. The fourth-order valence-electron chi connectivity index (χ4n) is 3.77. The van der Waals surface area contributed by atoms with Crippen LogP contribution in [0.25, 0.3) is 0 Å². The molecule has 0 amide bonds. The van der Waals surface area contributed by atoms with E-state index in [0.29, 0.717) is 6.04 Å². The molecule has 0 radical (unpaired) electrons. The van der Waals surface area contributed by atoms with Crippen molar-refractivity contribution >= 4 is 23.0 Å². The molecule has 3 rings (SSSR count). The number of benzene rings is 1. The summed E-state index contributed by atoms with van der Waals surface area (Å²) in [6.45, 7) is 1.09. The zero-order valence-corrected chi connectivity index (χ0v) is 13.5. The van der Waals surface area contributed by atoms with Gasteiger partial charge < -0.3 is 15.0 Å². The van der Waals surface area contributed by atoms with Crippen molar-refractivity contribution in [2.24, 2.45) is 5.92 Å². The molecule has 1 heterocycles. The maximum atomic E-state index is 5.68. The molecule has 2 fully saturated rings. The second kappa shape index (κ2) is 6.65. The molecule has 114 valence electrons. The van der Waals surface area contributed by atoms with Crippen LogP contribution in [0.5, 0.6) is 5.75 Å². The topological polar surface area (TPSA) is 24.5 Å². The van der Waals surface area contributed by atoms with Gasteiger partial charge >= 0.3 is 0 Å². The summed E-state index contributed by atoms with van der Waals surface area (Å²) in [6.07, 6.45) is 8.06. The quantitative estimate of drug-likeness (QED) is 0.833. The summed E-state index contributed by atoms with van der Waals surface area (Å²) in [5.41, 5.74) is 1.01. The summed E-state index contributed by atoms with van der Waals surface area (Å²) in [5.74, 6) is 1.70. The highest BCUT2D eigenvalue weighted by Crippen LogP contribution is 2.35. The van der Waals surface area contributed by atoms with Crippen molar-refractivity contribution in [1.29, 1.82) is 0 Å². The summed E-state index contributed by atoms with van der Waals surface area (Å²) in [7, 11) is 1.69. The minimum Gasteiger partial charge on any atom is -0.497 e. The number of rotatable bonds is 2. The van der Waals surface area contributed by atoms with E-state index < -0.39 is 0 Å². The number of nitrogens with zero attached hydrogens (tertiary/aromatic N) is 1. The van der Waals surface area contributed by atoms with Gasteiger partial charge in [-0.1, -0.05) is 18.9 Å². The van der Waals surface area contributed by atoms with Crippen LogP contribution in [-0.4, -0.2) is 29.7 Å². The van der Waals surface area contributed by atoms with E-state index in [4.69, 9.17) is 17.0 Å². The standard InChI is InChI=1S/C17H24N2OS/c1-20-15-9-4-8-14(12-15)18-17(21)19-11-5-7-13-6-2-3-10-16(13)19/h4,8-9,12-13,16H,2-3,5-7,10-11H2,1H3,(H,18,21)/t13-,16-/m0/s1. The molecular weight excluding hydrogens is 280 g/mol. The zero-order valence-electron chi connectivity index (χ0n) is 12.7.